The molecule has 0 radical (unpaired) electrons. The molecule has 2 heterocycles. The topological polar surface area (TPSA) is 124 Å². The monoisotopic (exact) mass is 578 g/mol. The van der Waals surface area contributed by atoms with Crippen molar-refractivity contribution in [3.8, 4) is 11.4 Å². The van der Waals surface area contributed by atoms with Gasteiger partial charge in [0.05, 0.1) is 6.54 Å². The lowest BCUT2D eigenvalue weighted by atomic mass is 10.1. The van der Waals surface area contributed by atoms with E-state index in [1.54, 1.807) is 6.33 Å². The average Bonchev–Trinajstić information content (AvgIpc) is 3.48. The highest BCUT2D eigenvalue weighted by Gasteiger charge is 2.15. The van der Waals surface area contributed by atoms with Crippen LogP contribution in [0.25, 0.3) is 22.6 Å². The van der Waals surface area contributed by atoms with Crippen LogP contribution in [0, 0.1) is 0 Å². The number of para-hydroxylation sites is 1. The lowest BCUT2D eigenvalue weighted by Crippen LogP contribution is -2.25. The van der Waals surface area contributed by atoms with Crippen molar-refractivity contribution >= 4 is 40.1 Å². The van der Waals surface area contributed by atoms with Crippen molar-refractivity contribution in [1.29, 1.82) is 0 Å². The van der Waals surface area contributed by atoms with Crippen LogP contribution in [0.4, 0.5) is 27.7 Å². The number of aromatic nitrogens is 4. The van der Waals surface area contributed by atoms with Crippen molar-refractivity contribution in [3.05, 3.63) is 90.8 Å². The Morgan fingerprint density at radius 2 is 1.53 bits per heavy atom. The first-order valence-electron chi connectivity index (χ1n) is 14.9. The number of imidazole rings is 1. The number of amides is 2. The molecule has 3 aromatic carbocycles. The van der Waals surface area contributed by atoms with Gasteiger partial charge in [0, 0.05) is 35.6 Å². The lowest BCUT2D eigenvalue weighted by Gasteiger charge is -2.17. The Labute approximate surface area is 252 Å². The second-order valence-electron chi connectivity index (χ2n) is 10.3. The zero-order chi connectivity index (χ0) is 29.9. The molecule has 5 rings (SSSR count). The molecule has 0 unspecified atom stereocenters. The van der Waals surface area contributed by atoms with E-state index in [4.69, 9.17) is 4.98 Å². The van der Waals surface area contributed by atoms with Crippen LogP contribution in [0.5, 0.6) is 0 Å². The molecule has 0 fully saturated rings. The van der Waals surface area contributed by atoms with E-state index < -0.39 is 0 Å². The van der Waals surface area contributed by atoms with Gasteiger partial charge in [-0.1, -0.05) is 49.2 Å². The summed E-state index contributed by atoms with van der Waals surface area (Å²) < 4.78 is 0. The minimum atomic E-state index is -0.272. The molecule has 2 aromatic heterocycles. The normalized spacial score (nSPS) is 11.0. The van der Waals surface area contributed by atoms with E-state index >= 15 is 0 Å². The van der Waals surface area contributed by atoms with Crippen molar-refractivity contribution in [2.75, 3.05) is 54.0 Å². The number of rotatable bonds is 14. The van der Waals surface area contributed by atoms with Crippen molar-refractivity contribution in [2.45, 2.75) is 26.7 Å². The van der Waals surface area contributed by atoms with Gasteiger partial charge in [0.15, 0.2) is 5.52 Å². The maximum atomic E-state index is 12.2. The van der Waals surface area contributed by atoms with Gasteiger partial charge in [-0.05, 0) is 80.1 Å². The second-order valence-corrected chi connectivity index (χ2v) is 10.3. The van der Waals surface area contributed by atoms with Gasteiger partial charge in [-0.3, -0.25) is 0 Å². The number of H-pyrrole nitrogens is 2. The van der Waals surface area contributed by atoms with Gasteiger partial charge in [-0.15, -0.1) is 0 Å². The Hall–Kier alpha value is -4.96. The van der Waals surface area contributed by atoms with E-state index in [1.165, 1.54) is 0 Å². The van der Waals surface area contributed by atoms with E-state index in [0.717, 1.165) is 84.4 Å². The number of carbonyl (C=O) groups is 1. The van der Waals surface area contributed by atoms with Crippen molar-refractivity contribution in [2.24, 2.45) is 0 Å². The number of anilines is 4. The number of hydrogen-bond acceptors (Lipinski definition) is 6. The summed E-state index contributed by atoms with van der Waals surface area (Å²) in [5.74, 6) is 1.61. The summed E-state index contributed by atoms with van der Waals surface area (Å²) in [4.78, 5) is 30.5. The van der Waals surface area contributed by atoms with E-state index in [-0.39, 0.29) is 6.03 Å². The molecule has 0 aliphatic carbocycles. The predicted octanol–water partition coefficient (Wildman–Crippen LogP) is 5.88. The van der Waals surface area contributed by atoms with Crippen LogP contribution in [-0.2, 0) is 6.42 Å². The van der Waals surface area contributed by atoms with Gasteiger partial charge in [0.2, 0.25) is 12.1 Å². The summed E-state index contributed by atoms with van der Waals surface area (Å²) in [6, 6.07) is 25.3. The predicted molar refractivity (Wildman–Crippen MR) is 174 cm³/mol. The number of fused-ring (bicyclic) bond motifs is 1. The van der Waals surface area contributed by atoms with Gasteiger partial charge < -0.3 is 31.2 Å². The number of aromatic amines is 2. The highest BCUT2D eigenvalue weighted by molar-refractivity contribution is 5.99. The fraction of sp³-hybridized carbons (Fsp3) is 0.273. The Kier molecular flexibility index (Phi) is 10.2. The molecule has 10 nitrogen and oxygen atoms in total. The molecule has 10 heteroatoms. The molecule has 43 heavy (non-hydrogen) atoms. The maximum absolute atomic E-state index is 12.2. The molecule has 0 bridgehead atoms. The minimum Gasteiger partial charge on any atom is -0.385 e. The summed E-state index contributed by atoms with van der Waals surface area (Å²) in [5, 5.41) is 12.7. The van der Waals surface area contributed by atoms with Crippen LogP contribution in [0.2, 0.25) is 0 Å². The first-order chi connectivity index (χ1) is 21.1. The Morgan fingerprint density at radius 1 is 0.837 bits per heavy atom. The number of carbonyl (C=O) groups excluding carboxylic acids is 1. The first-order valence-corrected chi connectivity index (χ1v) is 14.9. The van der Waals surface area contributed by atoms with Crippen molar-refractivity contribution in [3.63, 3.8) is 0 Å². The molecule has 222 valence electrons. The Morgan fingerprint density at radius 3 is 2.26 bits per heavy atom. The Balaban J connectivity index is 1.12. The van der Waals surface area contributed by atoms with Gasteiger partial charge in [0.1, 0.15) is 5.82 Å². The highest BCUT2D eigenvalue weighted by Crippen LogP contribution is 2.23. The average molecular weight is 579 g/mol. The van der Waals surface area contributed by atoms with E-state index in [2.05, 4.69) is 79.2 Å². The molecule has 0 aliphatic rings. The van der Waals surface area contributed by atoms with Crippen LogP contribution in [-0.4, -0.2) is 58.6 Å². The zero-order valence-corrected chi connectivity index (χ0v) is 24.8. The molecular weight excluding hydrogens is 538 g/mol. The zero-order valence-electron chi connectivity index (χ0n) is 24.8. The molecule has 0 spiro atoms. The first kappa shape index (κ1) is 29.5. The van der Waals surface area contributed by atoms with Gasteiger partial charge in [-0.2, -0.15) is 4.98 Å². The largest absolute Gasteiger partial charge is 0.385 e. The van der Waals surface area contributed by atoms with Crippen LogP contribution in [0.15, 0.2) is 85.2 Å². The molecule has 6 N–H and O–H groups in total. The quantitative estimate of drug-likeness (QED) is 0.105. The second kappa shape index (κ2) is 14.8. The molecular formula is C33H40N9O+. The van der Waals surface area contributed by atoms with Crippen LogP contribution in [0.3, 0.4) is 0 Å². The van der Waals surface area contributed by atoms with Gasteiger partial charge in [-0.25, -0.2) is 9.78 Å². The lowest BCUT2D eigenvalue weighted by molar-refractivity contribution is -0.364. The SMILES string of the molecule is CCN(CC)CCCNc1ccc(-c2nc3nc[nH+]c(NCCc4ccc(NC(=O)Nc5ccccc5)cc4)c3[nH]2)cc1. The van der Waals surface area contributed by atoms with E-state index in [1.807, 2.05) is 54.6 Å². The summed E-state index contributed by atoms with van der Waals surface area (Å²) in [5.41, 5.74) is 6.23. The van der Waals surface area contributed by atoms with Crippen molar-refractivity contribution < 1.29 is 9.78 Å². The molecule has 0 saturated carbocycles. The molecule has 0 atom stereocenters. The minimum absolute atomic E-state index is 0.272. The van der Waals surface area contributed by atoms with Crippen LogP contribution < -0.4 is 26.3 Å². The molecule has 0 saturated heterocycles. The summed E-state index contributed by atoms with van der Waals surface area (Å²) >= 11 is 0. The van der Waals surface area contributed by atoms with Crippen molar-refractivity contribution in [1.82, 2.24) is 19.9 Å². The fourth-order valence-electron chi connectivity index (χ4n) is 4.86. The fourth-order valence-corrected chi connectivity index (χ4v) is 4.86. The van der Waals surface area contributed by atoms with Crippen LogP contribution >= 0.6 is 0 Å². The molecule has 5 aromatic rings. The third-order valence-corrected chi connectivity index (χ3v) is 7.32. The van der Waals surface area contributed by atoms with E-state index in [9.17, 15) is 4.79 Å². The highest BCUT2D eigenvalue weighted by atomic mass is 16.2. The van der Waals surface area contributed by atoms with E-state index in [0.29, 0.717) is 12.2 Å². The summed E-state index contributed by atoms with van der Waals surface area (Å²) in [7, 11) is 0. The third kappa shape index (κ3) is 8.30. The maximum Gasteiger partial charge on any atom is 0.323 e. The number of nitrogens with one attached hydrogen (secondary N) is 6. The number of hydrogen-bond donors (Lipinski definition) is 5. The number of urea groups is 1. The molecule has 0 aliphatic heterocycles. The van der Waals surface area contributed by atoms with Crippen LogP contribution in [0.1, 0.15) is 25.8 Å². The summed E-state index contributed by atoms with van der Waals surface area (Å²) in [6.45, 7) is 9.36. The Bertz CT molecular complexity index is 1580. The van der Waals surface area contributed by atoms with Gasteiger partial charge in [0.25, 0.3) is 5.65 Å². The standard InChI is InChI=1S/C33H39N9O/c1-3-42(4-2)22-8-20-34-26-17-13-25(14-18-26)30-40-29-31(36-23-37-32(29)41-30)35-21-19-24-11-15-28(16-12-24)39-33(43)38-27-9-6-5-7-10-27/h5-7,9-18,23,34H,3-4,8,19-22H2,1-2H3,(H2,38,39,43)(H2,35,36,37,40,41)/p+1. The number of nitrogens with zero attached hydrogens (tertiary/aromatic N) is 3. The third-order valence-electron chi connectivity index (χ3n) is 7.32. The van der Waals surface area contributed by atoms with Gasteiger partial charge >= 0.3 is 6.03 Å². The smallest absolute Gasteiger partial charge is 0.323 e. The number of benzene rings is 3. The molecule has 2 amide bonds. The summed E-state index contributed by atoms with van der Waals surface area (Å²) in [6.07, 6.45) is 3.57.